The van der Waals surface area contributed by atoms with Gasteiger partial charge in [0.1, 0.15) is 5.69 Å². The Morgan fingerprint density at radius 3 is 2.78 bits per heavy atom. The molecule has 0 radical (unpaired) electrons. The lowest BCUT2D eigenvalue weighted by atomic mass is 9.96. The van der Waals surface area contributed by atoms with E-state index in [0.717, 1.165) is 31.4 Å². The van der Waals surface area contributed by atoms with Crippen LogP contribution < -0.4 is 10.2 Å². The van der Waals surface area contributed by atoms with Crippen LogP contribution in [0.15, 0.2) is 30.5 Å². The maximum Gasteiger partial charge on any atom is 0.226 e. The average Bonchev–Trinajstić information content (AvgIpc) is 2.71. The van der Waals surface area contributed by atoms with Gasteiger partial charge in [-0.2, -0.15) is 0 Å². The predicted molar refractivity (Wildman–Crippen MR) is 104 cm³/mol. The number of benzene rings is 1. The molecule has 4 rings (SSSR count). The van der Waals surface area contributed by atoms with Gasteiger partial charge >= 0.3 is 0 Å². The zero-order valence-corrected chi connectivity index (χ0v) is 15.5. The number of halogens is 1. The highest BCUT2D eigenvalue weighted by molar-refractivity contribution is 5.94. The molecule has 1 aromatic carbocycles. The minimum absolute atomic E-state index is 0.126. The molecule has 0 spiro atoms. The Morgan fingerprint density at radius 2 is 1.96 bits per heavy atom. The molecule has 2 heterocycles. The van der Waals surface area contributed by atoms with Crippen LogP contribution in [0, 0.1) is 5.82 Å². The summed E-state index contributed by atoms with van der Waals surface area (Å²) in [4.78, 5) is 22.5. The van der Waals surface area contributed by atoms with Gasteiger partial charge in [-0.1, -0.05) is 31.4 Å². The molecule has 0 unspecified atom stereocenters. The van der Waals surface area contributed by atoms with Crippen LogP contribution in [0.3, 0.4) is 0 Å². The van der Waals surface area contributed by atoms with E-state index in [4.69, 9.17) is 0 Å². The molecule has 142 valence electrons. The fourth-order valence-electron chi connectivity index (χ4n) is 3.97. The normalized spacial score (nSPS) is 18.6. The van der Waals surface area contributed by atoms with Gasteiger partial charge in [0.15, 0.2) is 5.82 Å². The lowest BCUT2D eigenvalue weighted by Crippen LogP contribution is -2.35. The van der Waals surface area contributed by atoms with E-state index in [1.165, 1.54) is 25.5 Å². The minimum atomic E-state index is -0.452. The van der Waals surface area contributed by atoms with Crippen molar-refractivity contribution in [2.45, 2.75) is 57.4 Å². The molecule has 27 heavy (non-hydrogen) atoms. The lowest BCUT2D eigenvalue weighted by molar-refractivity contribution is -0.119. The van der Waals surface area contributed by atoms with Gasteiger partial charge in [-0.15, -0.1) is 0 Å². The molecule has 1 N–H and O–H groups in total. The van der Waals surface area contributed by atoms with Crippen molar-refractivity contribution in [3.63, 3.8) is 0 Å². The van der Waals surface area contributed by atoms with Gasteiger partial charge in [0.25, 0.3) is 0 Å². The molecule has 1 aromatic heterocycles. The maximum atomic E-state index is 14.5. The highest BCUT2D eigenvalue weighted by Gasteiger charge is 2.21. The number of hydrogen-bond donors (Lipinski definition) is 1. The Balaban J connectivity index is 1.59. The fourth-order valence-corrected chi connectivity index (χ4v) is 3.97. The van der Waals surface area contributed by atoms with E-state index in [-0.39, 0.29) is 11.6 Å². The molecular formula is C21H25FN4O. The zero-order chi connectivity index (χ0) is 18.6. The molecule has 5 nitrogen and oxygen atoms in total. The first-order chi connectivity index (χ1) is 13.2. The lowest BCUT2D eigenvalue weighted by Gasteiger charge is -2.27. The van der Waals surface area contributed by atoms with E-state index in [9.17, 15) is 9.18 Å². The van der Waals surface area contributed by atoms with E-state index in [2.05, 4.69) is 15.3 Å². The quantitative estimate of drug-likeness (QED) is 0.860. The van der Waals surface area contributed by atoms with Gasteiger partial charge < -0.3 is 10.2 Å². The van der Waals surface area contributed by atoms with E-state index in [1.807, 2.05) is 24.3 Å². The summed E-state index contributed by atoms with van der Waals surface area (Å²) in [6, 6.07) is 7.77. The number of piperidine rings is 1. The second kappa shape index (κ2) is 8.03. The minimum Gasteiger partial charge on any atom is -0.351 e. The van der Waals surface area contributed by atoms with E-state index < -0.39 is 5.82 Å². The monoisotopic (exact) mass is 368 g/mol. The van der Waals surface area contributed by atoms with Crippen molar-refractivity contribution in [1.82, 2.24) is 9.97 Å². The van der Waals surface area contributed by atoms with Crippen LogP contribution in [0.5, 0.6) is 0 Å². The Hall–Kier alpha value is -2.50. The summed E-state index contributed by atoms with van der Waals surface area (Å²) in [5.41, 5.74) is 1.74. The molecule has 1 aliphatic carbocycles. The van der Waals surface area contributed by atoms with Gasteiger partial charge in [0, 0.05) is 30.3 Å². The van der Waals surface area contributed by atoms with Crippen molar-refractivity contribution in [2.24, 2.45) is 0 Å². The largest absolute Gasteiger partial charge is 0.351 e. The molecule has 1 saturated heterocycles. The summed E-state index contributed by atoms with van der Waals surface area (Å²) in [6.07, 6.45) is 9.61. The smallest absolute Gasteiger partial charge is 0.226 e. The van der Waals surface area contributed by atoms with E-state index in [1.54, 1.807) is 4.90 Å². The van der Waals surface area contributed by atoms with Crippen LogP contribution in [0.4, 0.5) is 16.0 Å². The number of nitrogens with one attached hydrogen (secondary N) is 1. The first-order valence-corrected chi connectivity index (χ1v) is 9.90. The fraction of sp³-hybridized carbons (Fsp3) is 0.476. The van der Waals surface area contributed by atoms with Crippen molar-refractivity contribution in [3.05, 3.63) is 36.3 Å². The molecule has 1 amide bonds. The summed E-state index contributed by atoms with van der Waals surface area (Å²) < 4.78 is 14.5. The summed E-state index contributed by atoms with van der Waals surface area (Å²) in [5, 5.41) is 3.35. The number of carbonyl (C=O) groups is 1. The first kappa shape index (κ1) is 17.9. The maximum absolute atomic E-state index is 14.5. The number of amides is 1. The number of carbonyl (C=O) groups excluding carboxylic acids is 1. The molecular weight excluding hydrogens is 343 g/mol. The van der Waals surface area contributed by atoms with Gasteiger partial charge in [0.2, 0.25) is 11.9 Å². The highest BCUT2D eigenvalue weighted by Crippen LogP contribution is 2.28. The van der Waals surface area contributed by atoms with Gasteiger partial charge in [-0.25, -0.2) is 14.4 Å². The van der Waals surface area contributed by atoms with Crippen molar-refractivity contribution in [2.75, 3.05) is 16.8 Å². The number of aromatic nitrogens is 2. The topological polar surface area (TPSA) is 58.1 Å². The molecule has 1 saturated carbocycles. The van der Waals surface area contributed by atoms with E-state index >= 15 is 0 Å². The van der Waals surface area contributed by atoms with Crippen molar-refractivity contribution < 1.29 is 9.18 Å². The van der Waals surface area contributed by atoms with Gasteiger partial charge in [0.05, 0.1) is 6.20 Å². The number of nitrogens with zero attached hydrogens (tertiary/aromatic N) is 3. The number of hydrogen-bond acceptors (Lipinski definition) is 4. The highest BCUT2D eigenvalue weighted by atomic mass is 19.1. The number of anilines is 2. The molecule has 2 aromatic rings. The average molecular weight is 368 g/mol. The van der Waals surface area contributed by atoms with Crippen molar-refractivity contribution >= 4 is 17.5 Å². The molecule has 2 aliphatic rings. The van der Waals surface area contributed by atoms with Crippen LogP contribution in [-0.2, 0) is 4.79 Å². The van der Waals surface area contributed by atoms with Crippen LogP contribution in [0.2, 0.25) is 0 Å². The van der Waals surface area contributed by atoms with E-state index in [0.29, 0.717) is 30.5 Å². The Labute approximate surface area is 159 Å². The molecule has 1 aliphatic heterocycles. The Bertz CT molecular complexity index is 820. The molecule has 0 atom stereocenters. The van der Waals surface area contributed by atoms with Crippen LogP contribution in [0.25, 0.3) is 11.3 Å². The second-order valence-electron chi connectivity index (χ2n) is 7.42. The standard InChI is InChI=1S/C21H25FN4O/c22-18-14-23-21(24-16-8-2-1-3-9-16)25-20(18)15-7-6-10-17(13-15)26-12-5-4-11-19(26)27/h6-7,10,13-14,16H,1-5,8-9,11-12H2,(H,23,24,25). The predicted octanol–water partition coefficient (Wildman–Crippen LogP) is 4.54. The van der Waals surface area contributed by atoms with Gasteiger partial charge in [-0.3, -0.25) is 4.79 Å². The third-order valence-corrected chi connectivity index (χ3v) is 5.44. The van der Waals surface area contributed by atoms with Crippen LogP contribution >= 0.6 is 0 Å². The zero-order valence-electron chi connectivity index (χ0n) is 15.5. The van der Waals surface area contributed by atoms with Crippen LogP contribution in [-0.4, -0.2) is 28.5 Å². The number of rotatable bonds is 4. The molecule has 2 fully saturated rings. The Morgan fingerprint density at radius 1 is 1.11 bits per heavy atom. The second-order valence-corrected chi connectivity index (χ2v) is 7.42. The summed E-state index contributed by atoms with van der Waals surface area (Å²) in [5.74, 6) is 0.144. The van der Waals surface area contributed by atoms with Gasteiger partial charge in [-0.05, 0) is 37.8 Å². The first-order valence-electron chi connectivity index (χ1n) is 9.90. The van der Waals surface area contributed by atoms with Crippen molar-refractivity contribution in [1.29, 1.82) is 0 Å². The third kappa shape index (κ3) is 4.10. The summed E-state index contributed by atoms with van der Waals surface area (Å²) >= 11 is 0. The Kier molecular flexibility index (Phi) is 5.32. The summed E-state index contributed by atoms with van der Waals surface area (Å²) in [7, 11) is 0. The SMILES string of the molecule is O=C1CCCCN1c1cccc(-c2nc(NC3CCCCC3)ncc2F)c1. The molecule has 0 bridgehead atoms. The molecule has 6 heteroatoms. The summed E-state index contributed by atoms with van der Waals surface area (Å²) in [6.45, 7) is 0.711. The van der Waals surface area contributed by atoms with Crippen LogP contribution in [0.1, 0.15) is 51.4 Å². The van der Waals surface area contributed by atoms with Crippen molar-refractivity contribution in [3.8, 4) is 11.3 Å². The third-order valence-electron chi connectivity index (χ3n) is 5.44.